The number of fused-ring (bicyclic) bond motifs is 3. The summed E-state index contributed by atoms with van der Waals surface area (Å²) < 4.78 is 1.88. The number of nitrogens with one attached hydrogen (secondary N) is 1. The molecule has 1 atom stereocenters. The van der Waals surface area contributed by atoms with Crippen LogP contribution in [0.3, 0.4) is 0 Å². The minimum Gasteiger partial charge on any atom is -0.306 e. The molecule has 0 unspecified atom stereocenters. The number of benzene rings is 2. The van der Waals surface area contributed by atoms with Gasteiger partial charge in [-0.05, 0) is 31.5 Å². The lowest BCUT2D eigenvalue weighted by atomic mass is 10.2. The summed E-state index contributed by atoms with van der Waals surface area (Å²) in [5.41, 5.74) is 2.01. The highest BCUT2D eigenvalue weighted by Gasteiger charge is 2.26. The quantitative estimate of drug-likeness (QED) is 0.732. The summed E-state index contributed by atoms with van der Waals surface area (Å²) in [7, 11) is 0. The van der Waals surface area contributed by atoms with Gasteiger partial charge in [0.1, 0.15) is 0 Å². The number of nitrogens with zero attached hydrogens (tertiary/aromatic N) is 1. The van der Waals surface area contributed by atoms with Crippen molar-refractivity contribution >= 4 is 27.7 Å². The normalized spacial score (nSPS) is 18.9. The lowest BCUT2D eigenvalue weighted by Crippen LogP contribution is -2.34. The molecule has 1 N–H and O–H groups in total. The van der Waals surface area contributed by atoms with E-state index in [-0.39, 0.29) is 11.9 Å². The van der Waals surface area contributed by atoms with Gasteiger partial charge in [0.25, 0.3) is 0 Å². The molecule has 0 amide bonds. The molecule has 1 fully saturated rings. The van der Waals surface area contributed by atoms with Gasteiger partial charge in [-0.15, -0.1) is 0 Å². The zero-order chi connectivity index (χ0) is 13.5. The molecule has 0 bridgehead atoms. The Labute approximate surface area is 117 Å². The summed E-state index contributed by atoms with van der Waals surface area (Å²) >= 11 is 0. The fourth-order valence-electron chi connectivity index (χ4n) is 3.21. The van der Waals surface area contributed by atoms with Crippen LogP contribution < -0.4 is 5.32 Å². The Morgan fingerprint density at radius 3 is 2.15 bits per heavy atom. The maximum atomic E-state index is 12.8. The maximum Gasteiger partial charge on any atom is 0.248 e. The lowest BCUT2D eigenvalue weighted by molar-refractivity contribution is 0.0880. The van der Waals surface area contributed by atoms with Gasteiger partial charge in [-0.3, -0.25) is 9.36 Å². The van der Waals surface area contributed by atoms with Gasteiger partial charge in [0.15, 0.2) is 0 Å². The number of hydrogen-bond acceptors (Lipinski definition) is 2. The second-order valence-corrected chi connectivity index (χ2v) is 5.36. The van der Waals surface area contributed by atoms with Crippen molar-refractivity contribution in [1.82, 2.24) is 9.88 Å². The van der Waals surface area contributed by atoms with E-state index in [2.05, 4.69) is 17.4 Å². The molecule has 0 saturated carbocycles. The number of hydrogen-bond donors (Lipinski definition) is 1. The van der Waals surface area contributed by atoms with Crippen LogP contribution in [-0.4, -0.2) is 23.1 Å². The molecule has 20 heavy (non-hydrogen) atoms. The van der Waals surface area contributed by atoms with E-state index in [4.69, 9.17) is 0 Å². The van der Waals surface area contributed by atoms with E-state index in [0.29, 0.717) is 0 Å². The van der Waals surface area contributed by atoms with Crippen LogP contribution >= 0.6 is 0 Å². The van der Waals surface area contributed by atoms with E-state index < -0.39 is 0 Å². The molecule has 1 aliphatic heterocycles. The van der Waals surface area contributed by atoms with Crippen LogP contribution in [0.4, 0.5) is 0 Å². The minimum atomic E-state index is -0.0470. The highest BCUT2D eigenvalue weighted by molar-refractivity contribution is 6.14. The molecule has 0 aliphatic carbocycles. The average molecular weight is 264 g/mol. The van der Waals surface area contributed by atoms with Crippen molar-refractivity contribution in [2.24, 2.45) is 0 Å². The Bertz CT molecular complexity index is 744. The molecule has 100 valence electrons. The summed E-state index contributed by atoms with van der Waals surface area (Å²) in [6, 6.07) is 16.2. The van der Waals surface area contributed by atoms with Crippen LogP contribution in [-0.2, 0) is 0 Å². The zero-order valence-corrected chi connectivity index (χ0v) is 11.2. The minimum absolute atomic E-state index is 0.0470. The van der Waals surface area contributed by atoms with Crippen LogP contribution in [0.2, 0.25) is 0 Å². The van der Waals surface area contributed by atoms with E-state index >= 15 is 0 Å². The third-order valence-corrected chi connectivity index (χ3v) is 4.16. The van der Waals surface area contributed by atoms with Crippen molar-refractivity contribution in [3.05, 3.63) is 48.5 Å². The molecular formula is C17H16N2O. The molecule has 3 heteroatoms. The topological polar surface area (TPSA) is 34.0 Å². The van der Waals surface area contributed by atoms with Gasteiger partial charge >= 0.3 is 0 Å². The smallest absolute Gasteiger partial charge is 0.248 e. The largest absolute Gasteiger partial charge is 0.306 e. The van der Waals surface area contributed by atoms with Crippen LogP contribution in [0, 0.1) is 0 Å². The van der Waals surface area contributed by atoms with Crippen LogP contribution in [0.5, 0.6) is 0 Å². The Morgan fingerprint density at radius 1 is 1.00 bits per heavy atom. The number of rotatable bonds is 1. The fourth-order valence-corrected chi connectivity index (χ4v) is 3.21. The molecule has 2 heterocycles. The van der Waals surface area contributed by atoms with Crippen LogP contribution in [0.25, 0.3) is 21.8 Å². The number of para-hydroxylation sites is 2. The molecule has 3 aromatic rings. The Morgan fingerprint density at radius 2 is 1.60 bits per heavy atom. The van der Waals surface area contributed by atoms with Gasteiger partial charge in [-0.2, -0.15) is 0 Å². The Balaban J connectivity index is 2.02. The van der Waals surface area contributed by atoms with Gasteiger partial charge in [0.2, 0.25) is 5.91 Å². The van der Waals surface area contributed by atoms with Crippen molar-refractivity contribution in [1.29, 1.82) is 0 Å². The summed E-state index contributed by atoms with van der Waals surface area (Å²) in [6.07, 6.45) is 2.01. The molecule has 1 aromatic heterocycles. The SMILES string of the molecule is O=C([C@@H]1CCCN1)n1c2ccccc2c2ccccc21. The van der Waals surface area contributed by atoms with Gasteiger partial charge < -0.3 is 5.32 Å². The van der Waals surface area contributed by atoms with Gasteiger partial charge in [0, 0.05) is 10.8 Å². The van der Waals surface area contributed by atoms with Gasteiger partial charge in [0.05, 0.1) is 17.1 Å². The number of carbonyl (C=O) groups is 1. The third-order valence-electron chi connectivity index (χ3n) is 4.16. The molecule has 1 saturated heterocycles. The second kappa shape index (κ2) is 4.46. The Kier molecular flexibility index (Phi) is 2.60. The van der Waals surface area contributed by atoms with Crippen molar-refractivity contribution in [2.45, 2.75) is 18.9 Å². The monoisotopic (exact) mass is 264 g/mol. The standard InChI is InChI=1S/C17H16N2O/c20-17(14-8-5-11-18-14)19-15-9-3-1-6-12(15)13-7-2-4-10-16(13)19/h1-4,6-7,9-10,14,18H,5,8,11H2/t14-/m0/s1. The first kappa shape index (κ1) is 11.7. The van der Waals surface area contributed by atoms with E-state index in [1.165, 1.54) is 0 Å². The lowest BCUT2D eigenvalue weighted by Gasteiger charge is -2.12. The average Bonchev–Trinajstić information content (AvgIpc) is 3.13. The predicted molar refractivity (Wildman–Crippen MR) is 81.1 cm³/mol. The summed E-state index contributed by atoms with van der Waals surface area (Å²) in [6.45, 7) is 0.938. The van der Waals surface area contributed by atoms with Gasteiger partial charge in [-0.1, -0.05) is 36.4 Å². The van der Waals surface area contributed by atoms with Crippen molar-refractivity contribution in [3.63, 3.8) is 0 Å². The molecule has 4 rings (SSSR count). The first-order valence-corrected chi connectivity index (χ1v) is 7.12. The fraction of sp³-hybridized carbons (Fsp3) is 0.235. The number of carbonyl (C=O) groups excluding carboxylic acids is 1. The summed E-state index contributed by atoms with van der Waals surface area (Å²) in [5, 5.41) is 5.60. The molecule has 1 aliphatic rings. The molecule has 0 spiro atoms. The molecule has 3 nitrogen and oxygen atoms in total. The molecule has 0 radical (unpaired) electrons. The van der Waals surface area contributed by atoms with Crippen molar-refractivity contribution in [3.8, 4) is 0 Å². The molecule has 2 aromatic carbocycles. The summed E-state index contributed by atoms with van der Waals surface area (Å²) in [5.74, 6) is 0.167. The number of aromatic nitrogens is 1. The maximum absolute atomic E-state index is 12.8. The first-order valence-electron chi connectivity index (χ1n) is 7.12. The zero-order valence-electron chi connectivity index (χ0n) is 11.2. The van der Waals surface area contributed by atoms with Gasteiger partial charge in [-0.25, -0.2) is 0 Å². The van der Waals surface area contributed by atoms with E-state index in [9.17, 15) is 4.79 Å². The van der Waals surface area contributed by atoms with E-state index in [1.54, 1.807) is 0 Å². The third kappa shape index (κ3) is 1.60. The van der Waals surface area contributed by atoms with E-state index in [1.807, 2.05) is 41.0 Å². The van der Waals surface area contributed by atoms with Crippen LogP contribution in [0.1, 0.15) is 17.6 Å². The van der Waals surface area contributed by atoms with Crippen molar-refractivity contribution in [2.75, 3.05) is 6.54 Å². The second-order valence-electron chi connectivity index (χ2n) is 5.36. The van der Waals surface area contributed by atoms with E-state index in [0.717, 1.165) is 41.2 Å². The van der Waals surface area contributed by atoms with Crippen molar-refractivity contribution < 1.29 is 4.79 Å². The highest BCUT2D eigenvalue weighted by Crippen LogP contribution is 2.29. The molecular weight excluding hydrogens is 248 g/mol. The predicted octanol–water partition coefficient (Wildman–Crippen LogP) is 3.19. The van der Waals surface area contributed by atoms with Crippen LogP contribution in [0.15, 0.2) is 48.5 Å². The Hall–Kier alpha value is -2.13. The first-order chi connectivity index (χ1) is 9.86. The highest BCUT2D eigenvalue weighted by atomic mass is 16.2. The summed E-state index contributed by atoms with van der Waals surface area (Å²) in [4.78, 5) is 12.8.